The number of sulfonamides is 1. The van der Waals surface area contributed by atoms with E-state index in [-0.39, 0.29) is 81.4 Å². The van der Waals surface area contributed by atoms with Crippen LogP contribution in [0.5, 0.6) is 0 Å². The highest BCUT2D eigenvalue weighted by atomic mass is 35.5. The van der Waals surface area contributed by atoms with Crippen molar-refractivity contribution in [3.63, 3.8) is 0 Å². The molecule has 0 radical (unpaired) electrons. The standard InChI is InChI=1S/C35H30ClF6N9O4S/c1-50-30-17(4-6-21(36)27(30)34(48-50)49-56(2,54)55)19-11-23-33(43-12-24(52)45-23)46-28(19)22(9-14-7-15(37)10-16(38)8-14)44-25(53)13-51-31-26(29(47-51)32(39)40)18-3-5-20(18)35(31,41)42/h4,6-8,10-11,18,20,22,32H,3,5,9,12-13H2,1-2H3,(H,43,46)(H,44,53)(H,45,52)(H,48,49)/t18-,20?,22-/m0/s1. The van der Waals surface area contributed by atoms with Crippen molar-refractivity contribution < 1.29 is 44.3 Å². The summed E-state index contributed by atoms with van der Waals surface area (Å²) >= 11 is 6.58. The summed E-state index contributed by atoms with van der Waals surface area (Å²) in [7, 11) is -2.33. The molecule has 2 amide bonds. The fourth-order valence-electron chi connectivity index (χ4n) is 7.94. The van der Waals surface area contributed by atoms with E-state index in [1.165, 1.54) is 23.9 Å². The number of fused-ring (bicyclic) bond motifs is 5. The van der Waals surface area contributed by atoms with Gasteiger partial charge in [0.15, 0.2) is 11.6 Å². The van der Waals surface area contributed by atoms with Gasteiger partial charge < -0.3 is 16.0 Å². The van der Waals surface area contributed by atoms with Crippen molar-refractivity contribution in [2.45, 2.75) is 50.1 Å². The minimum Gasteiger partial charge on any atom is -0.359 e. The molecule has 0 spiro atoms. The molecule has 1 fully saturated rings. The fraction of sp³-hybridized carbons (Fsp3) is 0.343. The third-order valence-corrected chi connectivity index (χ3v) is 11.1. The van der Waals surface area contributed by atoms with Crippen LogP contribution in [0.4, 0.5) is 43.7 Å². The number of halogens is 7. The molecule has 0 saturated heterocycles. The number of nitrogens with one attached hydrogen (secondary N) is 4. The molecular formula is C35H30ClF6N9O4S. The van der Waals surface area contributed by atoms with E-state index in [0.29, 0.717) is 16.3 Å². The third kappa shape index (κ3) is 6.47. The van der Waals surface area contributed by atoms with Gasteiger partial charge in [-0.1, -0.05) is 17.7 Å². The molecular weight excluding hydrogens is 792 g/mol. The maximum atomic E-state index is 15.6. The lowest BCUT2D eigenvalue weighted by molar-refractivity contribution is -0.123. The van der Waals surface area contributed by atoms with Crippen molar-refractivity contribution in [3.8, 4) is 11.1 Å². The van der Waals surface area contributed by atoms with Gasteiger partial charge >= 0.3 is 0 Å². The van der Waals surface area contributed by atoms with Gasteiger partial charge in [0.25, 0.3) is 12.3 Å². The lowest BCUT2D eigenvalue weighted by atomic mass is 9.73. The molecule has 4 heterocycles. The molecule has 294 valence electrons. The quantitative estimate of drug-likeness (QED) is 0.122. The second kappa shape index (κ2) is 13.4. The van der Waals surface area contributed by atoms with Gasteiger partial charge in [-0.15, -0.1) is 0 Å². The molecule has 56 heavy (non-hydrogen) atoms. The summed E-state index contributed by atoms with van der Waals surface area (Å²) in [5, 5.41) is 16.6. The number of carbonyl (C=O) groups is 2. The minimum atomic E-state index is -3.84. The average Bonchev–Trinajstić information content (AvgIpc) is 3.64. The lowest BCUT2D eigenvalue weighted by Crippen LogP contribution is -2.36. The summed E-state index contributed by atoms with van der Waals surface area (Å²) in [5.74, 6) is -8.75. The predicted molar refractivity (Wildman–Crippen MR) is 192 cm³/mol. The van der Waals surface area contributed by atoms with Crippen molar-refractivity contribution in [2.24, 2.45) is 13.0 Å². The van der Waals surface area contributed by atoms with E-state index in [4.69, 9.17) is 16.6 Å². The van der Waals surface area contributed by atoms with Crippen LogP contribution in [0.2, 0.25) is 5.02 Å². The molecule has 1 aliphatic heterocycles. The monoisotopic (exact) mass is 821 g/mol. The van der Waals surface area contributed by atoms with Crippen LogP contribution in [0.15, 0.2) is 36.4 Å². The van der Waals surface area contributed by atoms with E-state index in [1.54, 1.807) is 6.07 Å². The van der Waals surface area contributed by atoms with Gasteiger partial charge in [0, 0.05) is 35.7 Å². The lowest BCUT2D eigenvalue weighted by Gasteiger charge is -2.34. The largest absolute Gasteiger partial charge is 0.359 e. The fourth-order valence-corrected chi connectivity index (χ4v) is 8.67. The van der Waals surface area contributed by atoms with Gasteiger partial charge in [-0.2, -0.15) is 19.0 Å². The molecule has 0 bridgehead atoms. The summed E-state index contributed by atoms with van der Waals surface area (Å²) in [4.78, 5) is 31.2. The molecule has 2 aliphatic carbocycles. The van der Waals surface area contributed by atoms with Crippen molar-refractivity contribution in [1.82, 2.24) is 29.9 Å². The summed E-state index contributed by atoms with van der Waals surface area (Å²) in [6.45, 7) is -1.11. The van der Waals surface area contributed by atoms with Gasteiger partial charge in [0.05, 0.1) is 46.1 Å². The molecule has 13 nitrogen and oxygen atoms in total. The molecule has 4 N–H and O–H groups in total. The Morgan fingerprint density at radius 1 is 1.07 bits per heavy atom. The number of hydrogen-bond acceptors (Lipinski definition) is 8. The number of hydrogen-bond donors (Lipinski definition) is 4. The molecule has 21 heteroatoms. The Balaban J connectivity index is 1.28. The summed E-state index contributed by atoms with van der Waals surface area (Å²) in [5.41, 5.74) is -0.751. The second-order valence-electron chi connectivity index (χ2n) is 14.0. The number of aromatic nitrogens is 5. The Morgan fingerprint density at radius 2 is 1.80 bits per heavy atom. The highest BCUT2D eigenvalue weighted by Crippen LogP contribution is 2.63. The number of pyridine rings is 1. The van der Waals surface area contributed by atoms with Gasteiger partial charge in [-0.05, 0) is 55.0 Å². The van der Waals surface area contributed by atoms with E-state index in [0.717, 1.165) is 18.4 Å². The first-order valence-electron chi connectivity index (χ1n) is 17.1. The third-order valence-electron chi connectivity index (χ3n) is 10.2. The number of amides is 2. The van der Waals surface area contributed by atoms with E-state index in [2.05, 4.69) is 30.9 Å². The minimum absolute atomic E-state index is 0.0372. The molecule has 2 aromatic carbocycles. The van der Waals surface area contributed by atoms with Crippen molar-refractivity contribution in [1.29, 1.82) is 0 Å². The number of carbonyl (C=O) groups excluding carboxylic acids is 2. The Kier molecular flexibility index (Phi) is 8.98. The molecule has 8 rings (SSSR count). The van der Waals surface area contributed by atoms with E-state index >= 15 is 8.78 Å². The number of benzene rings is 2. The van der Waals surface area contributed by atoms with Crippen LogP contribution >= 0.6 is 11.6 Å². The van der Waals surface area contributed by atoms with Crippen LogP contribution in [0.25, 0.3) is 22.0 Å². The molecule has 5 aromatic rings. The summed E-state index contributed by atoms with van der Waals surface area (Å²) in [6.07, 6.45) is -2.19. The Labute approximate surface area is 318 Å². The SMILES string of the molecule is Cn1nc(NS(C)(=O)=O)c2c(Cl)ccc(-c3cc4c(nc3[C@H](Cc3cc(F)cc(F)c3)NC(=O)Cn3nc(C(F)F)c5c3C(F)(F)C3CC[C@H]53)NCC(=O)N4)c21. The van der Waals surface area contributed by atoms with Crippen molar-refractivity contribution in [2.75, 3.05) is 28.2 Å². The summed E-state index contributed by atoms with van der Waals surface area (Å²) in [6, 6.07) is 5.90. The topological polar surface area (TPSA) is 165 Å². The van der Waals surface area contributed by atoms with Crippen molar-refractivity contribution >= 4 is 61.7 Å². The van der Waals surface area contributed by atoms with Crippen LogP contribution in [0, 0.1) is 17.6 Å². The van der Waals surface area contributed by atoms with Crippen LogP contribution in [-0.4, -0.2) is 57.6 Å². The maximum Gasteiger partial charge on any atom is 0.293 e. The first-order valence-corrected chi connectivity index (χ1v) is 19.4. The van der Waals surface area contributed by atoms with Gasteiger partial charge in [0.1, 0.15) is 29.6 Å². The van der Waals surface area contributed by atoms with E-state index in [1.807, 2.05) is 0 Å². The number of anilines is 3. The number of aryl methyl sites for hydroxylation is 1. The number of nitrogens with zero attached hydrogens (tertiary/aromatic N) is 5. The van der Waals surface area contributed by atoms with Gasteiger partial charge in [0.2, 0.25) is 21.8 Å². The zero-order valence-corrected chi connectivity index (χ0v) is 30.8. The first-order chi connectivity index (χ1) is 26.4. The van der Waals surface area contributed by atoms with Crippen molar-refractivity contribution in [3.05, 3.63) is 81.3 Å². The number of alkyl halides is 4. The Hall–Kier alpha value is -5.37. The zero-order chi connectivity index (χ0) is 40.0. The van der Waals surface area contributed by atoms with Gasteiger partial charge in [-0.25, -0.2) is 31.0 Å². The highest BCUT2D eigenvalue weighted by Gasteiger charge is 2.62. The van der Waals surface area contributed by atoms with E-state index in [9.17, 15) is 35.6 Å². The first kappa shape index (κ1) is 37.5. The van der Waals surface area contributed by atoms with Crippen LogP contribution in [0.1, 0.15) is 59.4 Å². The molecule has 3 aliphatic rings. The van der Waals surface area contributed by atoms with Crippen LogP contribution < -0.4 is 20.7 Å². The normalized spacial score (nSPS) is 18.8. The van der Waals surface area contributed by atoms with Crippen LogP contribution in [0.3, 0.4) is 0 Å². The predicted octanol–water partition coefficient (Wildman–Crippen LogP) is 6.14. The van der Waals surface area contributed by atoms with Crippen LogP contribution in [-0.2, 0) is 45.5 Å². The molecule has 3 atom stereocenters. The zero-order valence-electron chi connectivity index (χ0n) is 29.2. The summed E-state index contributed by atoms with van der Waals surface area (Å²) < 4.78 is 117. The number of rotatable bonds is 10. The second-order valence-corrected chi connectivity index (χ2v) is 16.2. The Bertz CT molecular complexity index is 2580. The molecule has 1 unspecified atom stereocenters. The Morgan fingerprint density at radius 3 is 2.46 bits per heavy atom. The van der Waals surface area contributed by atoms with E-state index < -0.39 is 81.6 Å². The molecule has 1 saturated carbocycles. The average molecular weight is 822 g/mol. The highest BCUT2D eigenvalue weighted by molar-refractivity contribution is 7.92. The van der Waals surface area contributed by atoms with Gasteiger partial charge in [-0.3, -0.25) is 23.7 Å². The molecule has 3 aromatic heterocycles. The smallest absolute Gasteiger partial charge is 0.293 e. The maximum absolute atomic E-state index is 15.6.